The lowest BCUT2D eigenvalue weighted by Crippen LogP contribution is -2.70. The monoisotopic (exact) mass is 975 g/mol. The molecule has 1 aliphatic carbocycles. The number of nitrogens with one attached hydrogen (secondary N) is 4. The molecule has 2 bridgehead atoms. The van der Waals surface area contributed by atoms with Gasteiger partial charge in [-0.2, -0.15) is 0 Å². The number of hydrogen-bond donors (Lipinski definition) is 4. The number of rotatable bonds is 14. The van der Waals surface area contributed by atoms with Crippen LogP contribution in [-0.2, 0) is 19.2 Å². The first-order chi connectivity index (χ1) is 34.8. The molecule has 6 aliphatic heterocycles. The smallest absolute Gasteiger partial charge is 0.264 e. The molecule has 370 valence electrons. The van der Waals surface area contributed by atoms with Gasteiger partial charge < -0.3 is 40.5 Å². The van der Waals surface area contributed by atoms with Gasteiger partial charge in [-0.05, 0) is 130 Å². The van der Waals surface area contributed by atoms with Crippen molar-refractivity contribution < 1.29 is 42.6 Å². The fourth-order valence-electron chi connectivity index (χ4n) is 11.0. The number of fused-ring (bicyclic) bond motifs is 4. The summed E-state index contributed by atoms with van der Waals surface area (Å²) in [4.78, 5) is 92.0. The van der Waals surface area contributed by atoms with Crippen LogP contribution in [0.2, 0.25) is 0 Å². The number of piperidine rings is 3. The summed E-state index contributed by atoms with van der Waals surface area (Å²) >= 11 is 0. The number of ether oxygens (including phenoxy) is 2. The minimum atomic E-state index is -1.18. The van der Waals surface area contributed by atoms with Crippen molar-refractivity contribution in [3.05, 3.63) is 120 Å². The van der Waals surface area contributed by atoms with Gasteiger partial charge >= 0.3 is 0 Å². The number of benzene rings is 4. The second-order valence-corrected chi connectivity index (χ2v) is 19.7. The summed E-state index contributed by atoms with van der Waals surface area (Å²) in [6.45, 7) is 7.72. The molecule has 1 saturated carbocycles. The average Bonchev–Trinajstić information content (AvgIpc) is 4.17. The molecule has 0 radical (unpaired) electrons. The highest BCUT2D eigenvalue weighted by atomic mass is 19.1. The third-order valence-electron chi connectivity index (χ3n) is 15.2. The zero-order valence-corrected chi connectivity index (χ0v) is 39.7. The van der Waals surface area contributed by atoms with E-state index in [2.05, 4.69) is 42.6 Å². The number of carbonyl (C=O) groups is 6. The number of carbonyl (C=O) groups excluding carboxylic acids is 6. The van der Waals surface area contributed by atoms with Gasteiger partial charge in [-0.15, -0.1) is 0 Å². The van der Waals surface area contributed by atoms with E-state index in [0.29, 0.717) is 84.7 Å². The van der Waals surface area contributed by atoms with Crippen LogP contribution in [0, 0.1) is 17.2 Å². The van der Waals surface area contributed by atoms with E-state index in [1.165, 1.54) is 24.3 Å². The predicted octanol–water partition coefficient (Wildman–Crippen LogP) is 6.53. The Balaban J connectivity index is 0.659. The van der Waals surface area contributed by atoms with Gasteiger partial charge in [0.25, 0.3) is 11.8 Å². The van der Waals surface area contributed by atoms with Crippen LogP contribution >= 0.6 is 0 Å². The van der Waals surface area contributed by atoms with E-state index in [-0.39, 0.29) is 35.7 Å². The maximum absolute atomic E-state index is 13.6. The first kappa shape index (κ1) is 46.5. The Morgan fingerprint density at radius 2 is 1.56 bits per heavy atom. The largest absolute Gasteiger partial charge is 0.495 e. The maximum atomic E-state index is 13.6. The molecule has 3 unspecified atom stereocenters. The van der Waals surface area contributed by atoms with Crippen LogP contribution in [0.3, 0.4) is 0 Å². The van der Waals surface area contributed by atoms with Crippen LogP contribution in [0.4, 0.5) is 27.1 Å². The van der Waals surface area contributed by atoms with Gasteiger partial charge in [-0.25, -0.2) is 4.39 Å². The number of methoxy groups -OCH3 is 1. The molecule has 7 heterocycles. The normalized spacial score (nSPS) is 21.4. The number of pyridine rings is 1. The van der Waals surface area contributed by atoms with Crippen LogP contribution < -0.4 is 35.6 Å². The number of anilines is 4. The van der Waals surface area contributed by atoms with Crippen LogP contribution in [0.5, 0.6) is 17.2 Å². The third kappa shape index (κ3) is 8.73. The van der Waals surface area contributed by atoms with Gasteiger partial charge in [-0.1, -0.05) is 12.6 Å². The third-order valence-corrected chi connectivity index (χ3v) is 15.2. The molecule has 72 heavy (non-hydrogen) atoms. The number of piperazine rings is 1. The molecule has 6 amide bonds. The Kier molecular flexibility index (Phi) is 12.1. The lowest BCUT2D eigenvalue weighted by atomic mass is 9.84. The molecule has 0 spiro atoms. The summed E-state index contributed by atoms with van der Waals surface area (Å²) < 4.78 is 25.6. The zero-order chi connectivity index (χ0) is 49.8. The molecule has 1 aromatic heterocycles. The van der Waals surface area contributed by atoms with Crippen molar-refractivity contribution in [2.24, 2.45) is 11.3 Å². The molecule has 4 aromatic carbocycles. The van der Waals surface area contributed by atoms with Crippen LogP contribution in [-0.4, -0.2) is 120 Å². The van der Waals surface area contributed by atoms with Crippen molar-refractivity contribution in [2.75, 3.05) is 67.2 Å². The van der Waals surface area contributed by atoms with Crippen molar-refractivity contribution in [1.82, 2.24) is 25.0 Å². The maximum Gasteiger partial charge on any atom is 0.264 e. The summed E-state index contributed by atoms with van der Waals surface area (Å²) in [5, 5.41) is 12.2. The average molecular weight is 976 g/mol. The molecule has 17 nitrogen and oxygen atoms in total. The van der Waals surface area contributed by atoms with Crippen molar-refractivity contribution in [3.8, 4) is 17.2 Å². The molecule has 4 N–H and O–H groups in total. The zero-order valence-electron chi connectivity index (χ0n) is 39.7. The summed E-state index contributed by atoms with van der Waals surface area (Å²) in [5.41, 5.74) is 2.84. The molecular formula is C54H54FN9O8. The minimum Gasteiger partial charge on any atom is -0.495 e. The van der Waals surface area contributed by atoms with Crippen LogP contribution in [0.1, 0.15) is 65.7 Å². The van der Waals surface area contributed by atoms with Gasteiger partial charge in [0.05, 0.1) is 36.0 Å². The van der Waals surface area contributed by atoms with Gasteiger partial charge in [-0.3, -0.25) is 43.6 Å². The van der Waals surface area contributed by atoms with Crippen molar-refractivity contribution in [3.63, 3.8) is 0 Å². The van der Waals surface area contributed by atoms with Crippen LogP contribution in [0.15, 0.2) is 103 Å². The lowest BCUT2D eigenvalue weighted by molar-refractivity contribution is -0.143. The predicted molar refractivity (Wildman–Crippen MR) is 266 cm³/mol. The summed E-state index contributed by atoms with van der Waals surface area (Å²) in [5.74, 6) is -0.449. The fourth-order valence-corrected chi connectivity index (χ4v) is 11.0. The molecule has 7 aliphatic rings. The number of allylic oxidation sites excluding steroid dienone is 1. The number of hydrogen-bond acceptors (Lipinski definition) is 12. The fraction of sp³-hybridized carbons (Fsp3) is 0.352. The minimum absolute atomic E-state index is 0.0217. The van der Waals surface area contributed by atoms with E-state index in [9.17, 15) is 33.2 Å². The number of amides is 6. The molecule has 18 heteroatoms. The lowest BCUT2D eigenvalue weighted by Gasteiger charge is -2.57. The van der Waals surface area contributed by atoms with Crippen molar-refractivity contribution in [2.45, 2.75) is 63.1 Å². The molecule has 3 atom stereocenters. The van der Waals surface area contributed by atoms with Crippen LogP contribution in [0.25, 0.3) is 10.9 Å². The Morgan fingerprint density at radius 3 is 2.22 bits per heavy atom. The number of imide groups is 1. The standard InChI is InChI=1S/C54H54FN9O8/c1-31-6-15-43(49(66)58-31)64-50(67)39-4-3-5-41(48(39)51(64)68)57-27-47(65)62-29-36-24-37(30-62)63(36)28-32-17-22-61(23-18-32)44-26-42-40(25-46(44)71-2)45(16-21-56-42)72-38-13-11-35(12-14-38)60-53(70)54(19-20-54)52(69)59-34-9-7-33(55)8-10-34/h3-5,7-14,16,21,25-26,32,36-37,43,57H,1,6,15,17-20,22-24,27-30H2,2H3,(H,58,66)(H,59,69)(H,60,70). The SMILES string of the molecule is C=C1CCC(N2C(=O)c3cccc(NCC(=O)N4CC5CC(C4)N5CC4CCN(c5cc6nccc(Oc7ccc(NC(=O)C8(C(=O)Nc9ccc(F)cc9)CC8)cc7)c6cc5OC)CC4)c3C2=O)C(=O)N1. The van der Waals surface area contributed by atoms with Gasteiger partial charge in [0.1, 0.15) is 34.5 Å². The van der Waals surface area contributed by atoms with Gasteiger partial charge in [0.2, 0.25) is 23.6 Å². The highest BCUT2D eigenvalue weighted by Crippen LogP contribution is 2.48. The van der Waals surface area contributed by atoms with Gasteiger partial charge in [0, 0.05) is 79.1 Å². The summed E-state index contributed by atoms with van der Waals surface area (Å²) in [7, 11) is 1.66. The van der Waals surface area contributed by atoms with E-state index in [1.54, 1.807) is 61.8 Å². The highest BCUT2D eigenvalue weighted by Gasteiger charge is 2.56. The first-order valence-corrected chi connectivity index (χ1v) is 24.5. The Labute approximate surface area is 414 Å². The second-order valence-electron chi connectivity index (χ2n) is 19.7. The quantitative estimate of drug-likeness (QED) is 0.0695. The first-order valence-electron chi connectivity index (χ1n) is 24.5. The molecular weight excluding hydrogens is 922 g/mol. The van der Waals surface area contributed by atoms with Crippen molar-refractivity contribution in [1.29, 1.82) is 0 Å². The molecule has 5 saturated heterocycles. The second kappa shape index (κ2) is 18.7. The van der Waals surface area contributed by atoms with Crippen molar-refractivity contribution >= 4 is 69.1 Å². The topological polar surface area (TPSA) is 195 Å². The Bertz CT molecular complexity index is 3030. The molecule has 5 aromatic rings. The number of nitrogens with zero attached hydrogens (tertiary/aromatic N) is 5. The Hall–Kier alpha value is -7.86. The number of halogens is 1. The van der Waals surface area contributed by atoms with E-state index < -0.39 is 46.8 Å². The molecule has 12 rings (SSSR count). The summed E-state index contributed by atoms with van der Waals surface area (Å²) in [6, 6.07) is 22.8. The van der Waals surface area contributed by atoms with E-state index in [0.717, 1.165) is 60.4 Å². The number of aromatic nitrogens is 1. The van der Waals surface area contributed by atoms with E-state index >= 15 is 0 Å². The Morgan fingerprint density at radius 1 is 0.861 bits per heavy atom. The van der Waals surface area contributed by atoms with Gasteiger partial charge in [0.15, 0.2) is 0 Å². The summed E-state index contributed by atoms with van der Waals surface area (Å²) in [6.07, 6.45) is 6.38. The van der Waals surface area contributed by atoms with E-state index in [1.807, 2.05) is 17.0 Å². The molecule has 6 fully saturated rings. The van der Waals surface area contributed by atoms with E-state index in [4.69, 9.17) is 9.47 Å². The highest BCUT2D eigenvalue weighted by molar-refractivity contribution is 6.25.